The number of hydrogen-bond acceptors (Lipinski definition) is 3. The lowest BCUT2D eigenvalue weighted by molar-refractivity contribution is 0.274. The predicted molar refractivity (Wildman–Crippen MR) is 76.5 cm³/mol. The fourth-order valence-electron chi connectivity index (χ4n) is 2.32. The van der Waals surface area contributed by atoms with E-state index in [0.29, 0.717) is 4.90 Å². The lowest BCUT2D eigenvalue weighted by atomic mass is 10.1. The number of benzene rings is 1. The largest absolute Gasteiger partial charge is 0.329 e. The second kappa shape index (κ2) is 4.89. The first-order chi connectivity index (χ1) is 8.79. The molecule has 1 aliphatic rings. The Kier molecular flexibility index (Phi) is 3.73. The first kappa shape index (κ1) is 14.5. The molecule has 1 aliphatic carbocycles. The number of rotatable bonds is 4. The number of fused-ring (bicyclic) bond motifs is 1. The molecule has 1 aromatic carbocycles. The van der Waals surface area contributed by atoms with Crippen LogP contribution in [0.5, 0.6) is 0 Å². The Morgan fingerprint density at radius 3 is 2.53 bits per heavy atom. The summed E-state index contributed by atoms with van der Waals surface area (Å²) < 4.78 is 26.6. The molecule has 0 spiro atoms. The molecule has 0 saturated carbocycles. The maximum atomic E-state index is 12.6. The summed E-state index contributed by atoms with van der Waals surface area (Å²) in [6, 6.07) is 5.47. The Balaban J connectivity index is 2.40. The van der Waals surface area contributed by atoms with Crippen LogP contribution in [0.1, 0.15) is 31.4 Å². The maximum Gasteiger partial charge on any atom is 0.243 e. The fourth-order valence-corrected chi connectivity index (χ4v) is 3.89. The van der Waals surface area contributed by atoms with Gasteiger partial charge in [-0.1, -0.05) is 6.07 Å². The molecule has 5 heteroatoms. The normalized spacial score (nSPS) is 15.8. The van der Waals surface area contributed by atoms with Crippen LogP contribution in [0, 0.1) is 0 Å². The maximum absolute atomic E-state index is 12.6. The van der Waals surface area contributed by atoms with Gasteiger partial charge in [-0.25, -0.2) is 8.42 Å². The summed E-state index contributed by atoms with van der Waals surface area (Å²) in [5.74, 6) is 0. The zero-order valence-electron chi connectivity index (χ0n) is 11.8. The molecular formula is C14H22N2O2S. The smallest absolute Gasteiger partial charge is 0.243 e. The summed E-state index contributed by atoms with van der Waals surface area (Å²) in [5.41, 5.74) is 7.52. The van der Waals surface area contributed by atoms with Crippen LogP contribution in [-0.4, -0.2) is 31.9 Å². The van der Waals surface area contributed by atoms with Crippen molar-refractivity contribution in [1.82, 2.24) is 4.31 Å². The summed E-state index contributed by atoms with van der Waals surface area (Å²) >= 11 is 0. The lowest BCUT2D eigenvalue weighted by Gasteiger charge is -2.33. The molecule has 0 saturated heterocycles. The molecule has 0 unspecified atom stereocenters. The highest BCUT2D eigenvalue weighted by Crippen LogP contribution is 2.28. The molecule has 19 heavy (non-hydrogen) atoms. The van der Waals surface area contributed by atoms with Crippen molar-refractivity contribution in [2.45, 2.75) is 43.5 Å². The van der Waals surface area contributed by atoms with Gasteiger partial charge in [-0.15, -0.1) is 0 Å². The Morgan fingerprint density at radius 1 is 1.26 bits per heavy atom. The van der Waals surface area contributed by atoms with Crippen molar-refractivity contribution in [3.63, 3.8) is 0 Å². The van der Waals surface area contributed by atoms with Crippen LogP contribution >= 0.6 is 0 Å². The zero-order valence-corrected chi connectivity index (χ0v) is 12.6. The summed E-state index contributed by atoms with van der Waals surface area (Å²) in [4.78, 5) is 0.372. The zero-order chi connectivity index (χ0) is 14.3. The number of hydrogen-bond donors (Lipinski definition) is 1. The molecule has 0 radical (unpaired) electrons. The van der Waals surface area contributed by atoms with E-state index in [1.54, 1.807) is 13.1 Å². The number of nitrogens with two attached hydrogens (primary N) is 1. The number of sulfonamides is 1. The quantitative estimate of drug-likeness (QED) is 0.911. The minimum atomic E-state index is -3.48. The van der Waals surface area contributed by atoms with E-state index in [1.807, 2.05) is 26.0 Å². The van der Waals surface area contributed by atoms with Crippen LogP contribution in [0.15, 0.2) is 23.1 Å². The van der Waals surface area contributed by atoms with Crippen LogP contribution < -0.4 is 5.73 Å². The van der Waals surface area contributed by atoms with E-state index in [0.717, 1.165) is 19.3 Å². The first-order valence-corrected chi connectivity index (χ1v) is 8.04. The van der Waals surface area contributed by atoms with Crippen molar-refractivity contribution >= 4 is 10.0 Å². The van der Waals surface area contributed by atoms with Gasteiger partial charge in [0.25, 0.3) is 0 Å². The van der Waals surface area contributed by atoms with Crippen molar-refractivity contribution in [1.29, 1.82) is 0 Å². The third kappa shape index (κ3) is 2.55. The van der Waals surface area contributed by atoms with Crippen molar-refractivity contribution in [2.24, 2.45) is 5.73 Å². The van der Waals surface area contributed by atoms with E-state index in [9.17, 15) is 8.42 Å². The van der Waals surface area contributed by atoms with E-state index >= 15 is 0 Å². The Hall–Kier alpha value is -0.910. The molecule has 0 fully saturated rings. The first-order valence-electron chi connectivity index (χ1n) is 6.60. The number of nitrogens with zero attached hydrogens (tertiary/aromatic N) is 1. The predicted octanol–water partition coefficient (Wildman–Crippen LogP) is 1.53. The standard InChI is InChI=1S/C14H22N2O2S/c1-14(2,10-15)16(3)19(17,18)13-8-7-11-5-4-6-12(11)9-13/h7-9H,4-6,10,15H2,1-3H3. The van der Waals surface area contributed by atoms with Gasteiger partial charge in [0.2, 0.25) is 10.0 Å². The molecular weight excluding hydrogens is 260 g/mol. The average molecular weight is 282 g/mol. The Bertz CT molecular complexity index is 579. The minimum Gasteiger partial charge on any atom is -0.329 e. The summed E-state index contributed by atoms with van der Waals surface area (Å²) in [6.07, 6.45) is 3.14. The molecule has 106 valence electrons. The lowest BCUT2D eigenvalue weighted by Crippen LogP contribution is -2.49. The van der Waals surface area contributed by atoms with Crippen LogP contribution in [0.4, 0.5) is 0 Å². The van der Waals surface area contributed by atoms with Gasteiger partial charge in [-0.3, -0.25) is 0 Å². The van der Waals surface area contributed by atoms with E-state index in [4.69, 9.17) is 5.73 Å². The van der Waals surface area contributed by atoms with Gasteiger partial charge in [-0.2, -0.15) is 4.31 Å². The van der Waals surface area contributed by atoms with Gasteiger partial charge in [0.1, 0.15) is 0 Å². The number of likely N-dealkylation sites (N-methyl/N-ethyl adjacent to an activating group) is 1. The number of aryl methyl sites for hydroxylation is 2. The third-order valence-corrected chi connectivity index (χ3v) is 6.15. The van der Waals surface area contributed by atoms with Crippen molar-refractivity contribution in [3.05, 3.63) is 29.3 Å². The van der Waals surface area contributed by atoms with Crippen LogP contribution in [0.2, 0.25) is 0 Å². The van der Waals surface area contributed by atoms with Gasteiger partial charge < -0.3 is 5.73 Å². The second-order valence-electron chi connectivity index (χ2n) is 5.77. The molecule has 4 nitrogen and oxygen atoms in total. The van der Waals surface area contributed by atoms with Crippen LogP contribution in [0.3, 0.4) is 0 Å². The van der Waals surface area contributed by atoms with Crippen LogP contribution in [0.25, 0.3) is 0 Å². The monoisotopic (exact) mass is 282 g/mol. The summed E-state index contributed by atoms with van der Waals surface area (Å²) in [7, 11) is -1.88. The molecule has 0 heterocycles. The molecule has 2 N–H and O–H groups in total. The van der Waals surface area contributed by atoms with E-state index < -0.39 is 15.6 Å². The molecule has 0 aromatic heterocycles. The molecule has 0 amide bonds. The van der Waals surface area contributed by atoms with Crippen LogP contribution in [-0.2, 0) is 22.9 Å². The van der Waals surface area contributed by atoms with Crippen molar-refractivity contribution in [2.75, 3.05) is 13.6 Å². The molecule has 0 atom stereocenters. The molecule has 2 rings (SSSR count). The fraction of sp³-hybridized carbons (Fsp3) is 0.571. The van der Waals surface area contributed by atoms with Crippen molar-refractivity contribution < 1.29 is 8.42 Å². The van der Waals surface area contributed by atoms with Gasteiger partial charge >= 0.3 is 0 Å². The van der Waals surface area contributed by atoms with Gasteiger partial charge in [0.05, 0.1) is 4.90 Å². The minimum absolute atomic E-state index is 0.285. The molecule has 0 bridgehead atoms. The second-order valence-corrected chi connectivity index (χ2v) is 7.74. The van der Waals surface area contributed by atoms with E-state index in [-0.39, 0.29) is 6.54 Å². The van der Waals surface area contributed by atoms with Gasteiger partial charge in [0, 0.05) is 19.1 Å². The SMILES string of the molecule is CN(C(C)(C)CN)S(=O)(=O)c1ccc2c(c1)CCC2. The topological polar surface area (TPSA) is 63.4 Å². The molecule has 0 aliphatic heterocycles. The van der Waals surface area contributed by atoms with Gasteiger partial charge in [-0.05, 0) is 56.4 Å². The highest BCUT2D eigenvalue weighted by Gasteiger charge is 2.33. The van der Waals surface area contributed by atoms with E-state index in [2.05, 4.69) is 0 Å². The summed E-state index contributed by atoms with van der Waals surface area (Å²) in [5, 5.41) is 0. The third-order valence-electron chi connectivity index (χ3n) is 4.08. The van der Waals surface area contributed by atoms with E-state index in [1.165, 1.54) is 15.4 Å². The Labute approximate surface area is 115 Å². The Morgan fingerprint density at radius 2 is 1.89 bits per heavy atom. The molecule has 1 aromatic rings. The van der Waals surface area contributed by atoms with Gasteiger partial charge in [0.15, 0.2) is 0 Å². The van der Waals surface area contributed by atoms with Crippen molar-refractivity contribution in [3.8, 4) is 0 Å². The highest BCUT2D eigenvalue weighted by molar-refractivity contribution is 7.89. The average Bonchev–Trinajstić information content (AvgIpc) is 2.84. The highest BCUT2D eigenvalue weighted by atomic mass is 32.2. The summed E-state index contributed by atoms with van der Waals surface area (Å²) in [6.45, 7) is 3.95.